The monoisotopic (exact) mass is 318 g/mol. The predicted molar refractivity (Wildman–Crippen MR) is 84.4 cm³/mol. The zero-order valence-corrected chi connectivity index (χ0v) is 13.0. The second kappa shape index (κ2) is 6.91. The molecule has 8 nitrogen and oxygen atoms in total. The maximum absolute atomic E-state index is 12.4. The molecule has 8 heteroatoms. The minimum Gasteiger partial charge on any atom is -0.805 e. The molecule has 0 spiro atoms. The van der Waals surface area contributed by atoms with E-state index in [4.69, 9.17) is 0 Å². The number of aromatic nitrogens is 2. The van der Waals surface area contributed by atoms with Crippen molar-refractivity contribution in [3.05, 3.63) is 45.8 Å². The van der Waals surface area contributed by atoms with Crippen molar-refractivity contribution in [3.8, 4) is 0 Å². The molecule has 1 aromatic heterocycles. The van der Waals surface area contributed by atoms with Crippen molar-refractivity contribution in [2.24, 2.45) is 0 Å². The Labute approximate surface area is 132 Å². The van der Waals surface area contributed by atoms with Crippen molar-refractivity contribution in [2.45, 2.75) is 20.3 Å². The lowest BCUT2D eigenvalue weighted by molar-refractivity contribution is -0.468. The summed E-state index contributed by atoms with van der Waals surface area (Å²) in [5.41, 5.74) is 0.0460. The first kappa shape index (κ1) is 16.5. The van der Waals surface area contributed by atoms with Crippen LogP contribution in [-0.4, -0.2) is 29.6 Å². The molecule has 1 aromatic carbocycles. The minimum atomic E-state index is -0.683. The van der Waals surface area contributed by atoms with Gasteiger partial charge in [0, 0.05) is 30.5 Å². The van der Waals surface area contributed by atoms with Gasteiger partial charge in [0.1, 0.15) is 5.52 Å². The zero-order chi connectivity index (χ0) is 17.0. The van der Waals surface area contributed by atoms with Crippen LogP contribution in [-0.2, 0) is 4.79 Å². The van der Waals surface area contributed by atoms with Crippen LogP contribution in [0.5, 0.6) is 0 Å². The number of amides is 2. The molecule has 1 heterocycles. The second-order valence-corrected chi connectivity index (χ2v) is 4.97. The lowest BCUT2D eigenvalue weighted by Gasteiger charge is -2.16. The molecule has 2 N–H and O–H groups in total. The molecule has 2 aromatic rings. The van der Waals surface area contributed by atoms with Crippen LogP contribution in [0.4, 0.5) is 0 Å². The summed E-state index contributed by atoms with van der Waals surface area (Å²) in [6.45, 7) is 3.79. The van der Waals surface area contributed by atoms with Gasteiger partial charge < -0.3 is 20.6 Å². The maximum atomic E-state index is 12.4. The van der Waals surface area contributed by atoms with Crippen LogP contribution in [0.3, 0.4) is 0 Å². The highest BCUT2D eigenvalue weighted by Crippen LogP contribution is 2.13. The lowest BCUT2D eigenvalue weighted by Crippen LogP contribution is -2.38. The van der Waals surface area contributed by atoms with Crippen LogP contribution in [0.1, 0.15) is 29.5 Å². The van der Waals surface area contributed by atoms with Gasteiger partial charge >= 0.3 is 11.6 Å². The summed E-state index contributed by atoms with van der Waals surface area (Å²) in [7, 11) is 0. The third-order valence-corrected chi connectivity index (χ3v) is 3.40. The Hall–Kier alpha value is -2.90. The van der Waals surface area contributed by atoms with E-state index in [9.17, 15) is 19.7 Å². The molecule has 2 rings (SSSR count). The van der Waals surface area contributed by atoms with Crippen molar-refractivity contribution in [3.63, 3.8) is 0 Å². The summed E-state index contributed by atoms with van der Waals surface area (Å²) in [5, 5.41) is 17.3. The highest BCUT2D eigenvalue weighted by molar-refractivity contribution is 5.93. The largest absolute Gasteiger partial charge is 0.805 e. The molecule has 0 radical (unpaired) electrons. The Morgan fingerprint density at radius 1 is 1.26 bits per heavy atom. The fourth-order valence-electron chi connectivity index (χ4n) is 2.27. The maximum Gasteiger partial charge on any atom is 0.346 e. The first-order valence-electron chi connectivity index (χ1n) is 7.26. The molecule has 0 saturated carbocycles. The zero-order valence-electron chi connectivity index (χ0n) is 13.0. The van der Waals surface area contributed by atoms with Crippen molar-refractivity contribution in [1.82, 2.24) is 15.4 Å². The van der Waals surface area contributed by atoms with Crippen LogP contribution < -0.4 is 15.1 Å². The number of nitrogens with one attached hydrogen (secondary N) is 2. The molecule has 0 fully saturated rings. The van der Waals surface area contributed by atoms with Gasteiger partial charge in [-0.05, 0) is 19.9 Å². The Balaban J connectivity index is 2.27. The van der Waals surface area contributed by atoms with Crippen molar-refractivity contribution >= 4 is 22.8 Å². The van der Waals surface area contributed by atoms with E-state index in [-0.39, 0.29) is 41.3 Å². The van der Waals surface area contributed by atoms with Crippen molar-refractivity contribution in [1.29, 1.82) is 0 Å². The molecular weight excluding hydrogens is 300 g/mol. The normalized spacial score (nSPS) is 10.5. The van der Waals surface area contributed by atoms with Crippen LogP contribution in [0.2, 0.25) is 0 Å². The average molecular weight is 318 g/mol. The van der Waals surface area contributed by atoms with E-state index in [1.165, 1.54) is 19.1 Å². The molecule has 0 atom stereocenters. The number of hydrogen-bond donors (Lipinski definition) is 2. The van der Waals surface area contributed by atoms with E-state index >= 15 is 0 Å². The molecule has 122 valence electrons. The molecule has 0 aliphatic carbocycles. The van der Waals surface area contributed by atoms with Gasteiger partial charge in [-0.1, -0.05) is 12.1 Å². The van der Waals surface area contributed by atoms with Gasteiger partial charge in [0.15, 0.2) is 0 Å². The van der Waals surface area contributed by atoms with Gasteiger partial charge in [-0.2, -0.15) is 0 Å². The smallest absolute Gasteiger partial charge is 0.346 e. The number of carbonyl (C=O) groups excluding carboxylic acids is 2. The summed E-state index contributed by atoms with van der Waals surface area (Å²) >= 11 is 0. The van der Waals surface area contributed by atoms with Crippen molar-refractivity contribution < 1.29 is 14.0 Å². The number of rotatable bonds is 5. The fraction of sp³-hybridized carbons (Fsp3) is 0.333. The first-order valence-corrected chi connectivity index (χ1v) is 7.26. The standard InChI is InChI=1S/C15H18N4O4/c1-3-16-13(20)8-9-17-15(21)14-10(2)18(22)11-6-4-5-7-12(11)19(14)23/h4-7H,3,8-9H2,1-2H3,(H,16,20)(H,17,21). The van der Waals surface area contributed by atoms with E-state index in [1.54, 1.807) is 19.1 Å². The molecule has 0 aliphatic heterocycles. The minimum absolute atomic E-state index is 0.00853. The first-order chi connectivity index (χ1) is 11.0. The Morgan fingerprint density at radius 3 is 2.65 bits per heavy atom. The molecule has 2 amide bonds. The Bertz CT molecular complexity index is 813. The van der Waals surface area contributed by atoms with Crippen molar-refractivity contribution in [2.75, 3.05) is 13.1 Å². The van der Waals surface area contributed by atoms with Gasteiger partial charge in [-0.25, -0.2) is 0 Å². The SMILES string of the molecule is CCNC(=O)CCNC(=O)c1c(C)n([O-])c2ccccc2[n+]1=O. The van der Waals surface area contributed by atoms with Crippen LogP contribution in [0, 0.1) is 17.0 Å². The van der Waals surface area contributed by atoms with E-state index in [1.807, 2.05) is 0 Å². The summed E-state index contributed by atoms with van der Waals surface area (Å²) in [5.74, 6) is -0.880. The molecule has 0 aliphatic rings. The lowest BCUT2D eigenvalue weighted by atomic mass is 10.2. The van der Waals surface area contributed by atoms with Crippen LogP contribution in [0.25, 0.3) is 11.0 Å². The highest BCUT2D eigenvalue weighted by atomic mass is 16.5. The van der Waals surface area contributed by atoms with Gasteiger partial charge in [0.2, 0.25) is 5.91 Å². The average Bonchev–Trinajstić information content (AvgIpc) is 2.53. The van der Waals surface area contributed by atoms with E-state index in [2.05, 4.69) is 10.6 Å². The van der Waals surface area contributed by atoms with Gasteiger partial charge in [-0.15, -0.1) is 0 Å². The Kier molecular flexibility index (Phi) is 4.95. The number of carbonyl (C=O) groups is 2. The molecule has 23 heavy (non-hydrogen) atoms. The number of fused-ring (bicyclic) bond motifs is 1. The third kappa shape index (κ3) is 3.31. The fourth-order valence-corrected chi connectivity index (χ4v) is 2.27. The van der Waals surface area contributed by atoms with E-state index in [0.29, 0.717) is 15.7 Å². The summed E-state index contributed by atoms with van der Waals surface area (Å²) in [6.07, 6.45) is 0.0996. The van der Waals surface area contributed by atoms with Gasteiger partial charge in [0.05, 0.1) is 10.1 Å². The van der Waals surface area contributed by atoms with E-state index < -0.39 is 5.91 Å². The predicted octanol–water partition coefficient (Wildman–Crippen LogP) is 0.466. The number of benzene rings is 1. The number of hydrogen-bond acceptors (Lipinski definition) is 4. The number of nitrogens with zero attached hydrogens (tertiary/aromatic N) is 2. The summed E-state index contributed by atoms with van der Waals surface area (Å²) in [6, 6.07) is 6.24. The molecular formula is C15H18N4O4. The molecule has 0 unspecified atom stereocenters. The van der Waals surface area contributed by atoms with Crippen LogP contribution in [0.15, 0.2) is 24.3 Å². The Morgan fingerprint density at radius 2 is 1.96 bits per heavy atom. The molecule has 0 bridgehead atoms. The third-order valence-electron chi connectivity index (χ3n) is 3.40. The summed E-state index contributed by atoms with van der Waals surface area (Å²) in [4.78, 5) is 35.9. The molecule has 0 saturated heterocycles. The quantitative estimate of drug-likeness (QED) is 0.781. The second-order valence-electron chi connectivity index (χ2n) is 4.97. The highest BCUT2D eigenvalue weighted by Gasteiger charge is 2.26. The van der Waals surface area contributed by atoms with E-state index in [0.717, 1.165) is 0 Å². The number of para-hydroxylation sites is 2. The topological polar surface area (TPSA) is 109 Å². The van der Waals surface area contributed by atoms with Crippen LogP contribution >= 0.6 is 0 Å². The van der Waals surface area contributed by atoms with Gasteiger partial charge in [0.25, 0.3) is 5.52 Å². The van der Waals surface area contributed by atoms with Gasteiger partial charge in [-0.3, -0.25) is 9.59 Å². The summed E-state index contributed by atoms with van der Waals surface area (Å²) < 4.78 is 1.00.